The lowest BCUT2D eigenvalue weighted by Gasteiger charge is -2.10. The molecule has 0 saturated carbocycles. The Labute approximate surface area is 163 Å². The molecule has 8 nitrogen and oxygen atoms in total. The molecule has 28 heavy (non-hydrogen) atoms. The number of halogens is 5. The van der Waals surface area contributed by atoms with E-state index in [1.165, 1.54) is 18.0 Å². The van der Waals surface area contributed by atoms with Crippen LogP contribution in [0.5, 0.6) is 5.88 Å². The van der Waals surface area contributed by atoms with Crippen LogP contribution in [0.15, 0.2) is 18.6 Å². The maximum atomic E-state index is 13.2. The SMILES string of the molecule is COc1nn(-c2cnc(C(F)(F)F)cn2)cc1CNC(=O)[C@@H]1C[C@@H](F)CN1.Cl. The molecule has 1 fully saturated rings. The Hall–Kier alpha value is -2.47. The lowest BCUT2D eigenvalue weighted by Crippen LogP contribution is -2.40. The molecule has 1 saturated heterocycles. The van der Waals surface area contributed by atoms with Crippen molar-refractivity contribution >= 4 is 18.3 Å². The summed E-state index contributed by atoms with van der Waals surface area (Å²) in [7, 11) is 1.36. The Kier molecular flexibility index (Phi) is 6.77. The number of hydrogen-bond donors (Lipinski definition) is 2. The highest BCUT2D eigenvalue weighted by atomic mass is 35.5. The van der Waals surface area contributed by atoms with E-state index >= 15 is 0 Å². The van der Waals surface area contributed by atoms with Crippen LogP contribution in [0.3, 0.4) is 0 Å². The van der Waals surface area contributed by atoms with Gasteiger partial charge in [0.15, 0.2) is 11.5 Å². The second-order valence-corrected chi connectivity index (χ2v) is 5.88. The minimum atomic E-state index is -4.59. The van der Waals surface area contributed by atoms with E-state index in [0.29, 0.717) is 11.8 Å². The molecule has 0 aromatic carbocycles. The number of rotatable bonds is 5. The molecule has 1 aliphatic heterocycles. The number of nitrogens with one attached hydrogen (secondary N) is 2. The number of nitrogens with zero attached hydrogens (tertiary/aromatic N) is 4. The lowest BCUT2D eigenvalue weighted by molar-refractivity contribution is -0.141. The first-order valence-corrected chi connectivity index (χ1v) is 7.95. The van der Waals surface area contributed by atoms with Gasteiger partial charge in [-0.1, -0.05) is 0 Å². The fourth-order valence-corrected chi connectivity index (χ4v) is 2.59. The van der Waals surface area contributed by atoms with E-state index < -0.39 is 24.1 Å². The standard InChI is InChI=1S/C15H16F4N6O2.ClH/c1-27-14-8(3-23-13(26)10-2-9(16)4-20-10)7-25(24-14)12-6-21-11(5-22-12)15(17,18)19;/h5-7,9-10,20H,2-4H2,1H3,(H,23,26);1H/t9-,10+;/m1./s1. The number of amides is 1. The Morgan fingerprint density at radius 3 is 2.68 bits per heavy atom. The number of hydrogen-bond acceptors (Lipinski definition) is 6. The van der Waals surface area contributed by atoms with Crippen LogP contribution in [0, 0.1) is 0 Å². The molecular formula is C15H17ClF4N6O2. The minimum absolute atomic E-state index is 0. The normalized spacial score (nSPS) is 19.2. The van der Waals surface area contributed by atoms with E-state index in [0.717, 1.165) is 6.20 Å². The van der Waals surface area contributed by atoms with E-state index in [2.05, 4.69) is 25.7 Å². The molecular weight excluding hydrogens is 408 g/mol. The molecule has 0 unspecified atom stereocenters. The number of carbonyl (C=O) groups is 1. The largest absolute Gasteiger partial charge is 0.480 e. The van der Waals surface area contributed by atoms with Gasteiger partial charge in [-0.25, -0.2) is 19.0 Å². The quantitative estimate of drug-likeness (QED) is 0.705. The van der Waals surface area contributed by atoms with Gasteiger partial charge in [-0.2, -0.15) is 13.2 Å². The van der Waals surface area contributed by atoms with Crippen molar-refractivity contribution in [2.24, 2.45) is 0 Å². The number of aromatic nitrogens is 4. The van der Waals surface area contributed by atoms with Crippen LogP contribution in [0.4, 0.5) is 17.6 Å². The highest BCUT2D eigenvalue weighted by Gasteiger charge is 2.33. The van der Waals surface area contributed by atoms with Crippen LogP contribution in [-0.4, -0.2) is 51.5 Å². The van der Waals surface area contributed by atoms with Gasteiger partial charge in [0.1, 0.15) is 6.17 Å². The summed E-state index contributed by atoms with van der Waals surface area (Å²) in [5.41, 5.74) is -0.643. The van der Waals surface area contributed by atoms with E-state index in [1.54, 1.807) is 0 Å². The first kappa shape index (κ1) is 21.8. The van der Waals surface area contributed by atoms with Crippen LogP contribution in [0.2, 0.25) is 0 Å². The van der Waals surface area contributed by atoms with Crippen molar-refractivity contribution in [1.29, 1.82) is 0 Å². The van der Waals surface area contributed by atoms with E-state index in [4.69, 9.17) is 4.74 Å². The van der Waals surface area contributed by atoms with Crippen molar-refractivity contribution in [3.05, 3.63) is 29.8 Å². The number of methoxy groups -OCH3 is 1. The Morgan fingerprint density at radius 2 is 2.14 bits per heavy atom. The van der Waals surface area contributed by atoms with Gasteiger partial charge in [0.25, 0.3) is 0 Å². The number of carbonyl (C=O) groups excluding carboxylic acids is 1. The molecule has 0 aliphatic carbocycles. The summed E-state index contributed by atoms with van der Waals surface area (Å²) in [4.78, 5) is 19.1. The molecule has 0 radical (unpaired) electrons. The Morgan fingerprint density at radius 1 is 1.39 bits per heavy atom. The van der Waals surface area contributed by atoms with Gasteiger partial charge in [0.05, 0.1) is 31.1 Å². The van der Waals surface area contributed by atoms with Crippen molar-refractivity contribution in [3.63, 3.8) is 0 Å². The molecule has 2 atom stereocenters. The second-order valence-electron chi connectivity index (χ2n) is 5.88. The third kappa shape index (κ3) is 4.87. The predicted molar refractivity (Wildman–Crippen MR) is 91.1 cm³/mol. The Bertz CT molecular complexity index is 814. The van der Waals surface area contributed by atoms with Crippen molar-refractivity contribution < 1.29 is 27.1 Å². The third-order valence-electron chi connectivity index (χ3n) is 3.95. The maximum absolute atomic E-state index is 13.2. The summed E-state index contributed by atoms with van der Waals surface area (Å²) in [5.74, 6) is -0.143. The fourth-order valence-electron chi connectivity index (χ4n) is 2.59. The van der Waals surface area contributed by atoms with E-state index in [1.807, 2.05) is 0 Å². The molecule has 2 N–H and O–H groups in total. The smallest absolute Gasteiger partial charge is 0.434 e. The topological polar surface area (TPSA) is 94.0 Å². The molecule has 2 aromatic rings. The molecule has 0 bridgehead atoms. The molecule has 2 aromatic heterocycles. The summed E-state index contributed by atoms with van der Waals surface area (Å²) in [5, 5.41) is 9.48. The highest BCUT2D eigenvalue weighted by molar-refractivity contribution is 5.85. The van der Waals surface area contributed by atoms with Crippen molar-refractivity contribution in [1.82, 2.24) is 30.4 Å². The summed E-state index contributed by atoms with van der Waals surface area (Å²) in [6.07, 6.45) is -2.56. The molecule has 3 heterocycles. The molecule has 3 rings (SSSR count). The molecule has 0 spiro atoms. The molecule has 154 valence electrons. The average Bonchev–Trinajstić information content (AvgIpc) is 3.25. The van der Waals surface area contributed by atoms with Gasteiger partial charge < -0.3 is 15.4 Å². The van der Waals surface area contributed by atoms with Crippen molar-refractivity contribution in [2.75, 3.05) is 13.7 Å². The predicted octanol–water partition coefficient (Wildman–Crippen LogP) is 1.43. The zero-order valence-corrected chi connectivity index (χ0v) is 15.4. The average molecular weight is 425 g/mol. The van der Waals surface area contributed by atoms with Crippen LogP contribution >= 0.6 is 12.4 Å². The first-order valence-electron chi connectivity index (χ1n) is 7.95. The van der Waals surface area contributed by atoms with Gasteiger partial charge >= 0.3 is 6.18 Å². The monoisotopic (exact) mass is 424 g/mol. The zero-order valence-electron chi connectivity index (χ0n) is 14.5. The van der Waals surface area contributed by atoms with Gasteiger partial charge in [0, 0.05) is 25.7 Å². The highest BCUT2D eigenvalue weighted by Crippen LogP contribution is 2.27. The summed E-state index contributed by atoms with van der Waals surface area (Å²) < 4.78 is 57.1. The maximum Gasteiger partial charge on any atom is 0.434 e. The lowest BCUT2D eigenvalue weighted by atomic mass is 10.2. The number of ether oxygens (including phenoxy) is 1. The Balaban J connectivity index is 0.00000280. The van der Waals surface area contributed by atoms with Gasteiger partial charge in [-0.3, -0.25) is 4.79 Å². The van der Waals surface area contributed by atoms with Gasteiger partial charge in [0.2, 0.25) is 11.8 Å². The molecule has 13 heteroatoms. The molecule has 1 amide bonds. The second kappa shape index (κ2) is 8.69. The van der Waals surface area contributed by atoms with Gasteiger partial charge in [-0.15, -0.1) is 17.5 Å². The van der Waals surface area contributed by atoms with Crippen LogP contribution in [-0.2, 0) is 17.5 Å². The van der Waals surface area contributed by atoms with Crippen molar-refractivity contribution in [2.45, 2.75) is 31.4 Å². The summed E-state index contributed by atoms with van der Waals surface area (Å²) in [6.45, 7) is 0.178. The van der Waals surface area contributed by atoms with Gasteiger partial charge in [-0.05, 0) is 0 Å². The van der Waals surface area contributed by atoms with E-state index in [9.17, 15) is 22.4 Å². The molecule has 1 aliphatic rings. The first-order chi connectivity index (χ1) is 12.8. The number of alkyl halides is 4. The van der Waals surface area contributed by atoms with Crippen molar-refractivity contribution in [3.8, 4) is 11.7 Å². The third-order valence-corrected chi connectivity index (χ3v) is 3.95. The van der Waals surface area contributed by atoms with Crippen LogP contribution in [0.25, 0.3) is 5.82 Å². The minimum Gasteiger partial charge on any atom is -0.480 e. The van der Waals surface area contributed by atoms with E-state index in [-0.39, 0.29) is 49.5 Å². The van der Waals surface area contributed by atoms with Crippen LogP contribution in [0.1, 0.15) is 17.7 Å². The van der Waals surface area contributed by atoms with Crippen LogP contribution < -0.4 is 15.4 Å². The fraction of sp³-hybridized carbons (Fsp3) is 0.467. The zero-order chi connectivity index (χ0) is 19.6. The summed E-state index contributed by atoms with van der Waals surface area (Å²) in [6, 6.07) is -0.609. The summed E-state index contributed by atoms with van der Waals surface area (Å²) >= 11 is 0.